The van der Waals surface area contributed by atoms with Crippen LogP contribution in [0.4, 0.5) is 0 Å². The summed E-state index contributed by atoms with van der Waals surface area (Å²) in [6, 6.07) is 10.3. The molecule has 3 heteroatoms. The van der Waals surface area contributed by atoms with Gasteiger partial charge in [-0.1, -0.05) is 18.2 Å². The molecule has 1 aromatic heterocycles. The van der Waals surface area contributed by atoms with Crippen LogP contribution in [0.15, 0.2) is 36.5 Å². The lowest BCUT2D eigenvalue weighted by Crippen LogP contribution is -2.37. The molecule has 1 heterocycles. The summed E-state index contributed by atoms with van der Waals surface area (Å²) in [6.07, 6.45) is 1.87. The van der Waals surface area contributed by atoms with Crippen LogP contribution in [-0.2, 0) is 11.3 Å². The standard InChI is InChI=1S/C16H22N2O/c1-4-19-16(2,3)12-17-11-13-9-10-18-15-8-6-5-7-14(13)15/h5-10,17H,4,11-12H2,1-3H3. The van der Waals surface area contributed by atoms with Gasteiger partial charge in [0.05, 0.1) is 11.1 Å². The number of ether oxygens (including phenoxy) is 1. The summed E-state index contributed by atoms with van der Waals surface area (Å²) in [7, 11) is 0. The Kier molecular flexibility index (Phi) is 4.51. The molecule has 0 unspecified atom stereocenters. The van der Waals surface area contributed by atoms with Crippen LogP contribution in [0.3, 0.4) is 0 Å². The Hall–Kier alpha value is -1.45. The van der Waals surface area contributed by atoms with Gasteiger partial charge in [0.1, 0.15) is 0 Å². The number of nitrogens with zero attached hydrogens (tertiary/aromatic N) is 1. The molecule has 0 amide bonds. The lowest BCUT2D eigenvalue weighted by molar-refractivity contribution is -0.00896. The fourth-order valence-electron chi connectivity index (χ4n) is 2.25. The molecule has 0 aliphatic rings. The van der Waals surface area contributed by atoms with Crippen molar-refractivity contribution in [2.75, 3.05) is 13.2 Å². The molecule has 1 aromatic carbocycles. The third kappa shape index (κ3) is 3.75. The molecular weight excluding hydrogens is 236 g/mol. The molecule has 0 atom stereocenters. The van der Waals surface area contributed by atoms with Crippen molar-refractivity contribution in [3.8, 4) is 0 Å². The minimum atomic E-state index is -0.127. The van der Waals surface area contributed by atoms with Crippen LogP contribution in [-0.4, -0.2) is 23.7 Å². The Morgan fingerprint density at radius 2 is 2.00 bits per heavy atom. The third-order valence-electron chi connectivity index (χ3n) is 3.14. The van der Waals surface area contributed by atoms with Crippen molar-refractivity contribution in [2.45, 2.75) is 32.9 Å². The highest BCUT2D eigenvalue weighted by molar-refractivity contribution is 5.81. The molecule has 3 nitrogen and oxygen atoms in total. The number of aromatic nitrogens is 1. The normalized spacial score (nSPS) is 11.9. The van der Waals surface area contributed by atoms with Crippen molar-refractivity contribution in [1.82, 2.24) is 10.3 Å². The van der Waals surface area contributed by atoms with E-state index in [1.54, 1.807) is 0 Å². The number of nitrogens with one attached hydrogen (secondary N) is 1. The van der Waals surface area contributed by atoms with Crippen molar-refractivity contribution < 1.29 is 4.74 Å². The van der Waals surface area contributed by atoms with Crippen LogP contribution in [0, 0.1) is 0 Å². The second-order valence-electron chi connectivity index (χ2n) is 5.28. The Morgan fingerprint density at radius 3 is 2.79 bits per heavy atom. The lowest BCUT2D eigenvalue weighted by Gasteiger charge is -2.25. The van der Waals surface area contributed by atoms with Crippen LogP contribution in [0.1, 0.15) is 26.3 Å². The molecular formula is C16H22N2O. The summed E-state index contributed by atoms with van der Waals surface area (Å²) in [5, 5.41) is 4.68. The third-order valence-corrected chi connectivity index (χ3v) is 3.14. The van der Waals surface area contributed by atoms with Gasteiger partial charge in [-0.2, -0.15) is 0 Å². The summed E-state index contributed by atoms with van der Waals surface area (Å²) >= 11 is 0. The number of rotatable bonds is 6. The largest absolute Gasteiger partial charge is 0.375 e. The van der Waals surface area contributed by atoms with Crippen LogP contribution < -0.4 is 5.32 Å². The number of fused-ring (bicyclic) bond motifs is 1. The fraction of sp³-hybridized carbons (Fsp3) is 0.438. The van der Waals surface area contributed by atoms with Gasteiger partial charge in [-0.25, -0.2) is 0 Å². The van der Waals surface area contributed by atoms with Crippen LogP contribution >= 0.6 is 0 Å². The topological polar surface area (TPSA) is 34.1 Å². The molecule has 0 saturated carbocycles. The van der Waals surface area contributed by atoms with Gasteiger partial charge in [-0.05, 0) is 38.5 Å². The van der Waals surface area contributed by atoms with E-state index >= 15 is 0 Å². The Morgan fingerprint density at radius 1 is 1.21 bits per heavy atom. The first-order valence-electron chi connectivity index (χ1n) is 6.80. The zero-order valence-corrected chi connectivity index (χ0v) is 11.9. The van der Waals surface area contributed by atoms with E-state index in [0.29, 0.717) is 0 Å². The Bertz CT molecular complexity index is 532. The Labute approximate surface area is 115 Å². The van der Waals surface area contributed by atoms with Crippen LogP contribution in [0.25, 0.3) is 10.9 Å². The van der Waals surface area contributed by atoms with E-state index < -0.39 is 0 Å². The first kappa shape index (κ1) is 14.0. The second kappa shape index (κ2) is 6.13. The van der Waals surface area contributed by atoms with E-state index in [4.69, 9.17) is 4.74 Å². The summed E-state index contributed by atoms with van der Waals surface area (Å²) in [5.74, 6) is 0. The molecule has 102 valence electrons. The molecule has 0 spiro atoms. The molecule has 2 aromatic rings. The fourth-order valence-corrected chi connectivity index (χ4v) is 2.25. The van der Waals surface area contributed by atoms with Crippen molar-refractivity contribution in [1.29, 1.82) is 0 Å². The van der Waals surface area contributed by atoms with Gasteiger partial charge in [0.2, 0.25) is 0 Å². The number of hydrogen-bond donors (Lipinski definition) is 1. The smallest absolute Gasteiger partial charge is 0.0750 e. The second-order valence-corrected chi connectivity index (χ2v) is 5.28. The number of pyridine rings is 1. The summed E-state index contributed by atoms with van der Waals surface area (Å²) in [5.41, 5.74) is 2.20. The minimum Gasteiger partial charge on any atom is -0.375 e. The van der Waals surface area contributed by atoms with E-state index in [-0.39, 0.29) is 5.60 Å². The van der Waals surface area contributed by atoms with Gasteiger partial charge in [-0.15, -0.1) is 0 Å². The van der Waals surface area contributed by atoms with Crippen LogP contribution in [0.2, 0.25) is 0 Å². The predicted octanol–water partition coefficient (Wildman–Crippen LogP) is 3.14. The monoisotopic (exact) mass is 258 g/mol. The van der Waals surface area contributed by atoms with Gasteiger partial charge in [-0.3, -0.25) is 4.98 Å². The van der Waals surface area contributed by atoms with Gasteiger partial charge in [0.15, 0.2) is 0 Å². The summed E-state index contributed by atoms with van der Waals surface area (Å²) in [6.45, 7) is 8.64. The van der Waals surface area contributed by atoms with Gasteiger partial charge in [0.25, 0.3) is 0 Å². The van der Waals surface area contributed by atoms with Gasteiger partial charge >= 0.3 is 0 Å². The maximum absolute atomic E-state index is 5.68. The lowest BCUT2D eigenvalue weighted by atomic mass is 10.1. The zero-order chi connectivity index (χ0) is 13.7. The first-order chi connectivity index (χ1) is 9.12. The molecule has 0 radical (unpaired) electrons. The quantitative estimate of drug-likeness (QED) is 0.864. The maximum atomic E-state index is 5.68. The molecule has 0 saturated heterocycles. The highest BCUT2D eigenvalue weighted by atomic mass is 16.5. The SMILES string of the molecule is CCOC(C)(C)CNCc1ccnc2ccccc12. The highest BCUT2D eigenvalue weighted by Gasteiger charge is 2.16. The number of hydrogen-bond acceptors (Lipinski definition) is 3. The molecule has 1 N–H and O–H groups in total. The predicted molar refractivity (Wildman–Crippen MR) is 79.2 cm³/mol. The van der Waals surface area contributed by atoms with Crippen molar-refractivity contribution >= 4 is 10.9 Å². The van der Waals surface area contributed by atoms with Crippen molar-refractivity contribution in [2.24, 2.45) is 0 Å². The van der Waals surface area contributed by atoms with Crippen molar-refractivity contribution in [3.63, 3.8) is 0 Å². The van der Waals surface area contributed by atoms with Gasteiger partial charge in [0, 0.05) is 31.3 Å². The number of para-hydroxylation sites is 1. The van der Waals surface area contributed by atoms with Crippen LogP contribution in [0.5, 0.6) is 0 Å². The molecule has 0 bridgehead atoms. The van der Waals surface area contributed by atoms with E-state index in [1.807, 2.05) is 25.3 Å². The molecule has 2 rings (SSSR count). The molecule has 0 fully saturated rings. The average Bonchev–Trinajstić information content (AvgIpc) is 2.39. The zero-order valence-electron chi connectivity index (χ0n) is 11.9. The van der Waals surface area contributed by atoms with Gasteiger partial charge < -0.3 is 10.1 Å². The number of benzene rings is 1. The summed E-state index contributed by atoms with van der Waals surface area (Å²) in [4.78, 5) is 4.38. The summed E-state index contributed by atoms with van der Waals surface area (Å²) < 4.78 is 5.68. The molecule has 19 heavy (non-hydrogen) atoms. The molecule has 0 aliphatic heterocycles. The highest BCUT2D eigenvalue weighted by Crippen LogP contribution is 2.16. The Balaban J connectivity index is 2.02. The maximum Gasteiger partial charge on any atom is 0.0750 e. The van der Waals surface area contributed by atoms with E-state index in [9.17, 15) is 0 Å². The van der Waals surface area contributed by atoms with E-state index in [0.717, 1.165) is 25.2 Å². The van der Waals surface area contributed by atoms with Crippen molar-refractivity contribution in [3.05, 3.63) is 42.1 Å². The first-order valence-corrected chi connectivity index (χ1v) is 6.80. The van der Waals surface area contributed by atoms with E-state index in [1.165, 1.54) is 10.9 Å². The average molecular weight is 258 g/mol. The molecule has 0 aliphatic carbocycles. The minimum absolute atomic E-state index is 0.127. The van der Waals surface area contributed by atoms with E-state index in [2.05, 4.69) is 42.3 Å².